The van der Waals surface area contributed by atoms with E-state index in [0.717, 1.165) is 12.5 Å². The van der Waals surface area contributed by atoms with E-state index in [1.165, 1.54) is 17.9 Å². The molecule has 0 fully saturated rings. The summed E-state index contributed by atoms with van der Waals surface area (Å²) in [5, 5.41) is 3.49. The van der Waals surface area contributed by atoms with Gasteiger partial charge in [0.2, 0.25) is 0 Å². The van der Waals surface area contributed by atoms with Crippen LogP contribution in [-0.4, -0.2) is 24.1 Å². The van der Waals surface area contributed by atoms with Crippen molar-refractivity contribution in [3.8, 4) is 0 Å². The minimum absolute atomic E-state index is 0.675. The van der Waals surface area contributed by atoms with Gasteiger partial charge in [0.1, 0.15) is 0 Å². The first-order chi connectivity index (χ1) is 5.66. The van der Waals surface area contributed by atoms with Gasteiger partial charge in [-0.05, 0) is 31.6 Å². The van der Waals surface area contributed by atoms with Gasteiger partial charge in [-0.1, -0.05) is 20.8 Å². The van der Waals surface area contributed by atoms with E-state index in [9.17, 15) is 0 Å². The van der Waals surface area contributed by atoms with Crippen molar-refractivity contribution in [1.82, 2.24) is 5.32 Å². The molecule has 0 bridgehead atoms. The molecule has 1 unspecified atom stereocenters. The molecule has 0 amide bonds. The second-order valence-electron chi connectivity index (χ2n) is 3.79. The molecule has 0 aliphatic heterocycles. The highest BCUT2D eigenvalue weighted by atomic mass is 32.2. The number of nitrogens with one attached hydrogen (secondary N) is 1. The topological polar surface area (TPSA) is 12.0 Å². The molecular formula is C10H23NS. The maximum absolute atomic E-state index is 3.49. The Morgan fingerprint density at radius 1 is 1.17 bits per heavy atom. The second-order valence-corrected chi connectivity index (χ2v) is 4.86. The van der Waals surface area contributed by atoms with Gasteiger partial charge in [-0.2, -0.15) is 11.8 Å². The van der Waals surface area contributed by atoms with Crippen molar-refractivity contribution in [3.63, 3.8) is 0 Å². The lowest BCUT2D eigenvalue weighted by atomic mass is 10.3. The van der Waals surface area contributed by atoms with Crippen LogP contribution >= 0.6 is 11.8 Å². The lowest BCUT2D eigenvalue weighted by Crippen LogP contribution is -2.28. The maximum atomic E-state index is 3.49. The van der Waals surface area contributed by atoms with Gasteiger partial charge in [-0.15, -0.1) is 0 Å². The van der Waals surface area contributed by atoms with Crippen LogP contribution < -0.4 is 5.32 Å². The summed E-state index contributed by atoms with van der Waals surface area (Å²) in [7, 11) is 0. The zero-order valence-corrected chi connectivity index (χ0v) is 9.71. The Kier molecular flexibility index (Phi) is 8.14. The third kappa shape index (κ3) is 8.41. The number of hydrogen-bond donors (Lipinski definition) is 1. The normalized spacial score (nSPS) is 13.8. The van der Waals surface area contributed by atoms with Crippen LogP contribution in [0.1, 0.15) is 34.1 Å². The third-order valence-corrected chi connectivity index (χ3v) is 3.20. The summed E-state index contributed by atoms with van der Waals surface area (Å²) in [6, 6.07) is 0.675. The summed E-state index contributed by atoms with van der Waals surface area (Å²) in [5.41, 5.74) is 0. The lowest BCUT2D eigenvalue weighted by Gasteiger charge is -2.13. The standard InChI is InChI=1S/C10H23NS/c1-5-6-11-10(4)8-12-7-9(2)3/h9-11H,5-8H2,1-4H3. The van der Waals surface area contributed by atoms with Gasteiger partial charge in [0.25, 0.3) is 0 Å². The number of hydrogen-bond acceptors (Lipinski definition) is 2. The van der Waals surface area contributed by atoms with Crippen LogP contribution in [0.2, 0.25) is 0 Å². The van der Waals surface area contributed by atoms with E-state index in [-0.39, 0.29) is 0 Å². The molecule has 1 atom stereocenters. The van der Waals surface area contributed by atoms with Crippen molar-refractivity contribution in [2.24, 2.45) is 5.92 Å². The molecule has 0 aliphatic carbocycles. The predicted octanol–water partition coefficient (Wildman–Crippen LogP) is 2.76. The molecule has 1 nitrogen and oxygen atoms in total. The Labute approximate surface area is 81.7 Å². The molecule has 0 aliphatic rings. The highest BCUT2D eigenvalue weighted by Gasteiger charge is 2.00. The Bertz CT molecular complexity index is 93.8. The summed E-state index contributed by atoms with van der Waals surface area (Å²) in [4.78, 5) is 0. The lowest BCUT2D eigenvalue weighted by molar-refractivity contribution is 0.589. The molecular weight excluding hydrogens is 166 g/mol. The zero-order chi connectivity index (χ0) is 9.40. The van der Waals surface area contributed by atoms with Gasteiger partial charge in [0.15, 0.2) is 0 Å². The Balaban J connectivity index is 3.13. The van der Waals surface area contributed by atoms with E-state index in [2.05, 4.69) is 44.8 Å². The van der Waals surface area contributed by atoms with E-state index < -0.39 is 0 Å². The molecule has 0 spiro atoms. The molecule has 0 radical (unpaired) electrons. The number of rotatable bonds is 7. The van der Waals surface area contributed by atoms with Crippen molar-refractivity contribution in [3.05, 3.63) is 0 Å². The van der Waals surface area contributed by atoms with Gasteiger partial charge >= 0.3 is 0 Å². The van der Waals surface area contributed by atoms with E-state index in [4.69, 9.17) is 0 Å². The van der Waals surface area contributed by atoms with Crippen LogP contribution in [0.4, 0.5) is 0 Å². The minimum Gasteiger partial charge on any atom is -0.313 e. The smallest absolute Gasteiger partial charge is 0.0129 e. The molecule has 0 rings (SSSR count). The molecule has 0 saturated heterocycles. The molecule has 0 saturated carbocycles. The molecule has 2 heteroatoms. The summed E-state index contributed by atoms with van der Waals surface area (Å²) < 4.78 is 0. The summed E-state index contributed by atoms with van der Waals surface area (Å²) in [6.07, 6.45) is 1.24. The van der Waals surface area contributed by atoms with Gasteiger partial charge < -0.3 is 5.32 Å². The van der Waals surface area contributed by atoms with Crippen LogP contribution in [0, 0.1) is 5.92 Å². The quantitative estimate of drug-likeness (QED) is 0.661. The molecule has 0 aromatic heterocycles. The Hall–Kier alpha value is 0.310. The molecule has 0 aromatic carbocycles. The molecule has 1 N–H and O–H groups in total. The van der Waals surface area contributed by atoms with Crippen LogP contribution in [0.15, 0.2) is 0 Å². The Morgan fingerprint density at radius 3 is 2.33 bits per heavy atom. The van der Waals surface area contributed by atoms with Crippen molar-refractivity contribution in [1.29, 1.82) is 0 Å². The van der Waals surface area contributed by atoms with Crippen LogP contribution in [0.3, 0.4) is 0 Å². The van der Waals surface area contributed by atoms with E-state index in [1.807, 2.05) is 0 Å². The monoisotopic (exact) mass is 189 g/mol. The first-order valence-corrected chi connectivity index (χ1v) is 6.13. The molecule has 12 heavy (non-hydrogen) atoms. The van der Waals surface area contributed by atoms with Crippen molar-refractivity contribution in [2.45, 2.75) is 40.2 Å². The Morgan fingerprint density at radius 2 is 1.83 bits per heavy atom. The average Bonchev–Trinajstić information content (AvgIpc) is 2.00. The van der Waals surface area contributed by atoms with E-state index >= 15 is 0 Å². The molecule has 0 heterocycles. The van der Waals surface area contributed by atoms with Gasteiger partial charge in [0, 0.05) is 11.8 Å². The van der Waals surface area contributed by atoms with Crippen LogP contribution in [-0.2, 0) is 0 Å². The first-order valence-electron chi connectivity index (χ1n) is 4.98. The SMILES string of the molecule is CCCNC(C)CSCC(C)C. The second kappa shape index (κ2) is 7.93. The summed E-state index contributed by atoms with van der Waals surface area (Å²) in [5.74, 6) is 3.37. The predicted molar refractivity (Wildman–Crippen MR) is 59.9 cm³/mol. The minimum atomic E-state index is 0.675. The third-order valence-electron chi connectivity index (χ3n) is 1.56. The maximum Gasteiger partial charge on any atom is 0.0129 e. The summed E-state index contributed by atoms with van der Waals surface area (Å²) in [6.45, 7) is 10.2. The van der Waals surface area contributed by atoms with Crippen LogP contribution in [0.25, 0.3) is 0 Å². The van der Waals surface area contributed by atoms with Gasteiger partial charge in [-0.3, -0.25) is 0 Å². The fraction of sp³-hybridized carbons (Fsp3) is 1.00. The summed E-state index contributed by atoms with van der Waals surface area (Å²) >= 11 is 2.06. The zero-order valence-electron chi connectivity index (χ0n) is 8.89. The van der Waals surface area contributed by atoms with Crippen molar-refractivity contribution in [2.75, 3.05) is 18.1 Å². The molecule has 0 aromatic rings. The highest BCUT2D eigenvalue weighted by molar-refractivity contribution is 7.99. The van der Waals surface area contributed by atoms with Gasteiger partial charge in [-0.25, -0.2) is 0 Å². The van der Waals surface area contributed by atoms with E-state index in [0.29, 0.717) is 6.04 Å². The van der Waals surface area contributed by atoms with Crippen molar-refractivity contribution >= 4 is 11.8 Å². The largest absolute Gasteiger partial charge is 0.313 e. The van der Waals surface area contributed by atoms with E-state index in [1.54, 1.807) is 0 Å². The molecule has 74 valence electrons. The first kappa shape index (κ1) is 12.3. The van der Waals surface area contributed by atoms with Gasteiger partial charge in [0.05, 0.1) is 0 Å². The van der Waals surface area contributed by atoms with Crippen LogP contribution in [0.5, 0.6) is 0 Å². The fourth-order valence-electron chi connectivity index (χ4n) is 0.930. The highest BCUT2D eigenvalue weighted by Crippen LogP contribution is 2.08. The van der Waals surface area contributed by atoms with Crippen molar-refractivity contribution < 1.29 is 0 Å². The number of thioether (sulfide) groups is 1. The average molecular weight is 189 g/mol. The fourth-order valence-corrected chi connectivity index (χ4v) is 2.01.